The highest BCUT2D eigenvalue weighted by Gasteiger charge is 2.32. The molecule has 0 saturated heterocycles. The summed E-state index contributed by atoms with van der Waals surface area (Å²) in [4.78, 5) is 26.8. The minimum absolute atomic E-state index is 0.124. The van der Waals surface area contributed by atoms with Crippen molar-refractivity contribution >= 4 is 34.8 Å². The van der Waals surface area contributed by atoms with Gasteiger partial charge >= 0.3 is 0 Å². The fourth-order valence-electron chi connectivity index (χ4n) is 3.00. The van der Waals surface area contributed by atoms with Gasteiger partial charge in [-0.2, -0.15) is 0 Å². The molecule has 7 nitrogen and oxygen atoms in total. The summed E-state index contributed by atoms with van der Waals surface area (Å²) < 4.78 is 19.9. The molecule has 0 spiro atoms. The number of para-hydroxylation sites is 2. The molecule has 9 heteroatoms. The number of halogens is 2. The van der Waals surface area contributed by atoms with E-state index < -0.39 is 17.8 Å². The molecule has 1 atom stereocenters. The first-order chi connectivity index (χ1) is 13.9. The zero-order valence-corrected chi connectivity index (χ0v) is 16.7. The van der Waals surface area contributed by atoms with Gasteiger partial charge in [0, 0.05) is 11.6 Å². The van der Waals surface area contributed by atoms with Gasteiger partial charge < -0.3 is 15.0 Å². The van der Waals surface area contributed by atoms with Crippen LogP contribution in [-0.2, 0) is 9.59 Å². The zero-order chi connectivity index (χ0) is 21.0. The molecule has 3 rings (SSSR count). The largest absolute Gasteiger partial charge is 0.477 e. The molecule has 2 aromatic carbocycles. The van der Waals surface area contributed by atoms with E-state index in [-0.39, 0.29) is 29.7 Å². The number of carbonyl (C=O) groups is 2. The number of nitrogens with zero attached hydrogens (tertiary/aromatic N) is 2. The summed E-state index contributed by atoms with van der Waals surface area (Å²) in [7, 11) is 0. The second kappa shape index (κ2) is 9.11. The van der Waals surface area contributed by atoms with Crippen molar-refractivity contribution in [1.29, 1.82) is 0 Å². The Morgan fingerprint density at radius 1 is 1.34 bits per heavy atom. The third-order valence-corrected chi connectivity index (χ3v) is 4.70. The van der Waals surface area contributed by atoms with Crippen LogP contribution in [0.1, 0.15) is 13.3 Å². The van der Waals surface area contributed by atoms with Crippen molar-refractivity contribution in [2.45, 2.75) is 19.4 Å². The molecule has 1 aliphatic rings. The molecule has 3 N–H and O–H groups in total. The number of hydrogen-bond acceptors (Lipinski definition) is 5. The van der Waals surface area contributed by atoms with Crippen molar-refractivity contribution in [2.24, 2.45) is 5.84 Å². The Morgan fingerprint density at radius 2 is 2.10 bits per heavy atom. The van der Waals surface area contributed by atoms with Gasteiger partial charge in [-0.05, 0) is 36.8 Å². The monoisotopic (exact) mass is 420 g/mol. The number of carbonyl (C=O) groups excluding carboxylic acids is 2. The van der Waals surface area contributed by atoms with E-state index in [1.54, 1.807) is 29.2 Å². The topological polar surface area (TPSA) is 87.9 Å². The lowest BCUT2D eigenvalue weighted by molar-refractivity contribution is -0.128. The van der Waals surface area contributed by atoms with Crippen LogP contribution in [0.5, 0.6) is 5.75 Å². The van der Waals surface area contributed by atoms with Crippen LogP contribution in [-0.4, -0.2) is 37.6 Å². The first kappa shape index (κ1) is 20.9. The van der Waals surface area contributed by atoms with Crippen molar-refractivity contribution in [3.05, 3.63) is 53.3 Å². The number of anilines is 2. The van der Waals surface area contributed by atoms with Crippen LogP contribution in [0.4, 0.5) is 15.8 Å². The molecule has 1 unspecified atom stereocenters. The summed E-state index contributed by atoms with van der Waals surface area (Å²) in [5, 5.41) is 3.78. The lowest BCUT2D eigenvalue weighted by Gasteiger charge is -2.35. The molecule has 0 bridgehead atoms. The predicted octanol–water partition coefficient (Wildman–Crippen LogP) is 2.48. The number of amides is 2. The number of nitrogens with two attached hydrogens (primary N) is 1. The standard InChI is InChI=1S/C20H22ClFN4O3/c1-2-9-24-20(28)18-11-25(15-5-3-4-6-17(15)29-18)12-19(27)26(23)16-10-13(21)7-8-14(16)22/h3-8,10,18H,2,9,11-12,23H2,1H3,(H,24,28). The van der Waals surface area contributed by atoms with Crippen LogP contribution in [0.15, 0.2) is 42.5 Å². The summed E-state index contributed by atoms with van der Waals surface area (Å²) in [6, 6.07) is 10.9. The van der Waals surface area contributed by atoms with Crippen LogP contribution in [0.2, 0.25) is 5.02 Å². The van der Waals surface area contributed by atoms with E-state index in [2.05, 4.69) is 5.32 Å². The van der Waals surface area contributed by atoms with Crippen molar-refractivity contribution < 1.29 is 18.7 Å². The van der Waals surface area contributed by atoms with Gasteiger partial charge in [-0.3, -0.25) is 9.59 Å². The molecule has 2 aromatic rings. The maximum Gasteiger partial charge on any atom is 0.262 e. The highest BCUT2D eigenvalue weighted by Crippen LogP contribution is 2.33. The Kier molecular flexibility index (Phi) is 6.56. The van der Waals surface area contributed by atoms with Gasteiger partial charge in [0.2, 0.25) is 0 Å². The van der Waals surface area contributed by atoms with Crippen LogP contribution >= 0.6 is 11.6 Å². The molecule has 1 aliphatic heterocycles. The van der Waals surface area contributed by atoms with Gasteiger partial charge in [-0.1, -0.05) is 30.7 Å². The Morgan fingerprint density at radius 3 is 2.86 bits per heavy atom. The summed E-state index contributed by atoms with van der Waals surface area (Å²) in [5.41, 5.74) is 0.529. The fourth-order valence-corrected chi connectivity index (χ4v) is 3.17. The zero-order valence-electron chi connectivity index (χ0n) is 15.9. The molecule has 0 aromatic heterocycles. The van der Waals surface area contributed by atoms with Crippen LogP contribution < -0.4 is 25.8 Å². The van der Waals surface area contributed by atoms with E-state index in [4.69, 9.17) is 22.2 Å². The molecule has 0 saturated carbocycles. The first-order valence-electron chi connectivity index (χ1n) is 9.21. The molecular formula is C20H22ClFN4O3. The highest BCUT2D eigenvalue weighted by molar-refractivity contribution is 6.30. The molecule has 29 heavy (non-hydrogen) atoms. The van der Waals surface area contributed by atoms with Crippen molar-refractivity contribution in [3.8, 4) is 5.75 Å². The highest BCUT2D eigenvalue weighted by atomic mass is 35.5. The van der Waals surface area contributed by atoms with E-state index in [1.807, 2.05) is 6.92 Å². The first-order valence-corrected chi connectivity index (χ1v) is 9.59. The maximum absolute atomic E-state index is 14.1. The number of ether oxygens (including phenoxy) is 1. The van der Waals surface area contributed by atoms with Gasteiger partial charge in [0.05, 0.1) is 24.5 Å². The smallest absolute Gasteiger partial charge is 0.262 e. The third-order valence-electron chi connectivity index (χ3n) is 4.47. The van der Waals surface area contributed by atoms with E-state index in [9.17, 15) is 14.0 Å². The van der Waals surface area contributed by atoms with E-state index in [1.165, 1.54) is 12.1 Å². The molecule has 0 fully saturated rings. The summed E-state index contributed by atoms with van der Waals surface area (Å²) in [6.45, 7) is 2.47. The molecule has 2 amide bonds. The normalized spacial score (nSPS) is 15.3. The van der Waals surface area contributed by atoms with Crippen molar-refractivity contribution in [1.82, 2.24) is 5.32 Å². The van der Waals surface area contributed by atoms with E-state index in [0.717, 1.165) is 17.5 Å². The number of fused-ring (bicyclic) bond motifs is 1. The molecular weight excluding hydrogens is 399 g/mol. The second-order valence-corrected chi connectivity index (χ2v) is 7.04. The summed E-state index contributed by atoms with van der Waals surface area (Å²) >= 11 is 5.89. The van der Waals surface area contributed by atoms with E-state index >= 15 is 0 Å². The number of rotatable bonds is 6. The lowest BCUT2D eigenvalue weighted by atomic mass is 10.1. The minimum atomic E-state index is -0.779. The average Bonchev–Trinajstić information content (AvgIpc) is 2.73. The van der Waals surface area contributed by atoms with Gasteiger partial charge in [0.25, 0.3) is 11.8 Å². The maximum atomic E-state index is 14.1. The van der Waals surface area contributed by atoms with Crippen molar-refractivity contribution in [2.75, 3.05) is 29.5 Å². The third kappa shape index (κ3) is 4.78. The summed E-state index contributed by atoms with van der Waals surface area (Å²) in [6.07, 6.45) is 0.0169. The van der Waals surface area contributed by atoms with Gasteiger partial charge in [0.1, 0.15) is 11.6 Å². The fraction of sp³-hybridized carbons (Fsp3) is 0.300. The van der Waals surface area contributed by atoms with Crippen LogP contribution in [0.25, 0.3) is 0 Å². The molecule has 0 radical (unpaired) electrons. The Labute approximate surface area is 173 Å². The molecule has 0 aliphatic carbocycles. The Balaban J connectivity index is 1.80. The van der Waals surface area contributed by atoms with E-state index in [0.29, 0.717) is 18.0 Å². The molecule has 154 valence electrons. The predicted molar refractivity (Wildman–Crippen MR) is 109 cm³/mol. The summed E-state index contributed by atoms with van der Waals surface area (Å²) in [5.74, 6) is 4.86. The number of hydrazine groups is 1. The minimum Gasteiger partial charge on any atom is -0.477 e. The molecule has 1 heterocycles. The number of nitrogens with one attached hydrogen (secondary N) is 1. The number of benzene rings is 2. The van der Waals surface area contributed by atoms with Gasteiger partial charge in [-0.25, -0.2) is 15.2 Å². The van der Waals surface area contributed by atoms with Gasteiger partial charge in [-0.15, -0.1) is 0 Å². The van der Waals surface area contributed by atoms with Crippen LogP contribution in [0, 0.1) is 5.82 Å². The second-order valence-electron chi connectivity index (χ2n) is 6.61. The van der Waals surface area contributed by atoms with Crippen LogP contribution in [0.3, 0.4) is 0 Å². The lowest BCUT2D eigenvalue weighted by Crippen LogP contribution is -2.52. The Hall–Kier alpha value is -2.84. The van der Waals surface area contributed by atoms with Crippen molar-refractivity contribution in [3.63, 3.8) is 0 Å². The van der Waals surface area contributed by atoms with Gasteiger partial charge in [0.15, 0.2) is 6.10 Å². The Bertz CT molecular complexity index is 911. The SMILES string of the molecule is CCCNC(=O)C1CN(CC(=O)N(N)c2cc(Cl)ccc2F)c2ccccc2O1. The average molecular weight is 421 g/mol. The quantitative estimate of drug-likeness (QED) is 0.426. The number of hydrogen-bond donors (Lipinski definition) is 2.